The van der Waals surface area contributed by atoms with E-state index in [4.69, 9.17) is 9.47 Å². The summed E-state index contributed by atoms with van der Waals surface area (Å²) in [6.07, 6.45) is 3.59. The van der Waals surface area contributed by atoms with Gasteiger partial charge in [-0.1, -0.05) is 25.0 Å². The molecule has 0 aromatic heterocycles. The van der Waals surface area contributed by atoms with Crippen LogP contribution in [0, 0.1) is 0 Å². The molecule has 0 spiro atoms. The van der Waals surface area contributed by atoms with E-state index >= 15 is 0 Å². The molecule has 0 saturated heterocycles. The highest BCUT2D eigenvalue weighted by Gasteiger charge is 2.14. The fourth-order valence-electron chi connectivity index (χ4n) is 1.91. The lowest BCUT2D eigenvalue weighted by Crippen LogP contribution is -2.31. The zero-order chi connectivity index (χ0) is 18.1. The van der Waals surface area contributed by atoms with Gasteiger partial charge in [0.2, 0.25) is 0 Å². The highest BCUT2D eigenvalue weighted by atomic mass is 16.5. The van der Waals surface area contributed by atoms with Crippen molar-refractivity contribution in [1.29, 1.82) is 0 Å². The summed E-state index contributed by atoms with van der Waals surface area (Å²) in [5, 5.41) is 17.2. The van der Waals surface area contributed by atoms with Gasteiger partial charge in [0, 0.05) is 0 Å². The van der Waals surface area contributed by atoms with Crippen molar-refractivity contribution >= 4 is 18.1 Å². The van der Waals surface area contributed by atoms with E-state index in [9.17, 15) is 4.79 Å². The Labute approximate surface area is 146 Å². The predicted octanol–water partition coefficient (Wildman–Crippen LogP) is 3.69. The Hall–Kier alpha value is -3.03. The molecule has 25 heavy (non-hydrogen) atoms. The molecule has 1 aliphatic rings. The molecule has 1 aliphatic heterocycles. The smallest absolute Gasteiger partial charge is 0.365 e. The molecular formula is C17H21N5O3. The molecule has 132 valence electrons. The first-order valence-electron chi connectivity index (χ1n) is 8.06. The summed E-state index contributed by atoms with van der Waals surface area (Å²) in [5.41, 5.74) is 1.02. The Morgan fingerprint density at radius 3 is 2.84 bits per heavy atom. The number of rotatable bonds is 8. The van der Waals surface area contributed by atoms with Gasteiger partial charge in [-0.3, -0.25) is 5.32 Å². The molecule has 0 aliphatic carbocycles. The van der Waals surface area contributed by atoms with Crippen molar-refractivity contribution in [2.75, 3.05) is 13.2 Å². The van der Waals surface area contributed by atoms with Gasteiger partial charge >= 0.3 is 6.03 Å². The van der Waals surface area contributed by atoms with E-state index in [2.05, 4.69) is 39.3 Å². The number of amides is 2. The lowest BCUT2D eigenvalue weighted by atomic mass is 10.2. The SMILES string of the molecule is C=C1N=NC(=O)N/C1=N/N=C/c1ccc(OCCCC)c(OCC)c1. The summed E-state index contributed by atoms with van der Waals surface area (Å²) < 4.78 is 11.3. The first-order chi connectivity index (χ1) is 12.1. The Kier molecular flexibility index (Phi) is 6.82. The summed E-state index contributed by atoms with van der Waals surface area (Å²) in [5.74, 6) is 1.52. The van der Waals surface area contributed by atoms with Crippen molar-refractivity contribution in [3.05, 3.63) is 36.0 Å². The van der Waals surface area contributed by atoms with E-state index in [0.717, 1.165) is 18.4 Å². The third-order valence-electron chi connectivity index (χ3n) is 3.15. The summed E-state index contributed by atoms with van der Waals surface area (Å²) in [6.45, 7) is 8.82. The molecule has 1 aromatic rings. The van der Waals surface area contributed by atoms with Gasteiger partial charge in [-0.15, -0.1) is 10.2 Å². The van der Waals surface area contributed by atoms with Crippen molar-refractivity contribution in [3.8, 4) is 11.5 Å². The Balaban J connectivity index is 2.11. The third-order valence-corrected chi connectivity index (χ3v) is 3.15. The summed E-state index contributed by atoms with van der Waals surface area (Å²) >= 11 is 0. The first kappa shape index (κ1) is 18.3. The Morgan fingerprint density at radius 2 is 2.08 bits per heavy atom. The number of nitrogens with one attached hydrogen (secondary N) is 1. The lowest BCUT2D eigenvalue weighted by Gasteiger charge is -2.12. The number of nitrogens with zero attached hydrogens (tertiary/aromatic N) is 4. The van der Waals surface area contributed by atoms with Crippen LogP contribution in [-0.4, -0.2) is 31.3 Å². The molecule has 1 aromatic carbocycles. The van der Waals surface area contributed by atoms with Gasteiger partial charge in [0.15, 0.2) is 17.3 Å². The number of amidine groups is 1. The highest BCUT2D eigenvalue weighted by molar-refractivity contribution is 6.08. The maximum atomic E-state index is 11.1. The van der Waals surface area contributed by atoms with Gasteiger partial charge in [0.05, 0.1) is 19.4 Å². The van der Waals surface area contributed by atoms with E-state index in [0.29, 0.717) is 24.7 Å². The highest BCUT2D eigenvalue weighted by Crippen LogP contribution is 2.28. The summed E-state index contributed by atoms with van der Waals surface area (Å²) in [7, 11) is 0. The topological polar surface area (TPSA) is 97.0 Å². The van der Waals surface area contributed by atoms with Crippen LogP contribution in [0.2, 0.25) is 0 Å². The molecular weight excluding hydrogens is 322 g/mol. The number of carbonyl (C=O) groups excluding carboxylic acids is 1. The molecule has 0 fully saturated rings. The van der Waals surface area contributed by atoms with Gasteiger partial charge in [-0.05, 0) is 37.1 Å². The second-order valence-electron chi connectivity index (χ2n) is 5.11. The number of benzene rings is 1. The van der Waals surface area contributed by atoms with Crippen molar-refractivity contribution < 1.29 is 14.3 Å². The van der Waals surface area contributed by atoms with Gasteiger partial charge < -0.3 is 9.47 Å². The number of hydrogen-bond donors (Lipinski definition) is 1. The molecule has 0 bridgehead atoms. The van der Waals surface area contributed by atoms with Gasteiger partial charge in [0.1, 0.15) is 5.70 Å². The van der Waals surface area contributed by atoms with Crippen LogP contribution in [0.3, 0.4) is 0 Å². The van der Waals surface area contributed by atoms with Crippen LogP contribution in [-0.2, 0) is 0 Å². The molecule has 0 radical (unpaired) electrons. The quantitative estimate of drug-likeness (QED) is 0.443. The summed E-state index contributed by atoms with van der Waals surface area (Å²) in [6, 6.07) is 4.91. The van der Waals surface area contributed by atoms with Crippen LogP contribution in [0.15, 0.2) is 50.9 Å². The fourth-order valence-corrected chi connectivity index (χ4v) is 1.91. The van der Waals surface area contributed by atoms with Crippen LogP contribution in [0.1, 0.15) is 32.3 Å². The average Bonchev–Trinajstić information content (AvgIpc) is 2.60. The average molecular weight is 343 g/mol. The van der Waals surface area contributed by atoms with Crippen molar-refractivity contribution in [3.63, 3.8) is 0 Å². The fraction of sp³-hybridized carbons (Fsp3) is 0.353. The van der Waals surface area contributed by atoms with E-state index in [-0.39, 0.29) is 11.5 Å². The first-order valence-corrected chi connectivity index (χ1v) is 8.06. The molecule has 2 rings (SSSR count). The number of azo groups is 1. The van der Waals surface area contributed by atoms with E-state index in [1.165, 1.54) is 6.21 Å². The minimum absolute atomic E-state index is 0.167. The van der Waals surface area contributed by atoms with Gasteiger partial charge in [0.25, 0.3) is 0 Å². The van der Waals surface area contributed by atoms with Crippen LogP contribution in [0.4, 0.5) is 4.79 Å². The largest absolute Gasteiger partial charge is 0.490 e. The maximum Gasteiger partial charge on any atom is 0.365 e. The molecule has 8 nitrogen and oxygen atoms in total. The normalized spacial score (nSPS) is 15.7. The van der Waals surface area contributed by atoms with Crippen LogP contribution < -0.4 is 14.8 Å². The third kappa shape index (κ3) is 5.52. The predicted molar refractivity (Wildman–Crippen MR) is 95.6 cm³/mol. The number of hydrogen-bond acceptors (Lipinski definition) is 6. The molecule has 1 N–H and O–H groups in total. The second kappa shape index (κ2) is 9.31. The standard InChI is InChI=1S/C17H21N5O3/c1-4-6-9-25-14-8-7-13(10-15(14)24-5-2)11-18-21-16-12(3)20-22-17(23)19-16/h7-8,10-11H,3-6,9H2,1-2H3,(H,19,21,23)/b18-11+. The van der Waals surface area contributed by atoms with Crippen molar-refractivity contribution in [2.45, 2.75) is 26.7 Å². The van der Waals surface area contributed by atoms with E-state index < -0.39 is 6.03 Å². The van der Waals surface area contributed by atoms with Gasteiger partial charge in [-0.25, -0.2) is 4.79 Å². The molecule has 8 heteroatoms. The number of ether oxygens (including phenoxy) is 2. The Bertz CT molecular complexity index is 725. The summed E-state index contributed by atoms with van der Waals surface area (Å²) in [4.78, 5) is 11.1. The van der Waals surface area contributed by atoms with E-state index in [1.807, 2.05) is 25.1 Å². The second-order valence-corrected chi connectivity index (χ2v) is 5.11. The van der Waals surface area contributed by atoms with Gasteiger partial charge in [-0.2, -0.15) is 5.10 Å². The zero-order valence-corrected chi connectivity index (χ0v) is 14.4. The maximum absolute atomic E-state index is 11.1. The number of carbonyl (C=O) groups is 1. The lowest BCUT2D eigenvalue weighted by molar-refractivity contribution is 0.251. The molecule has 0 saturated carbocycles. The molecule has 2 amide bonds. The van der Waals surface area contributed by atoms with Crippen LogP contribution in [0.25, 0.3) is 0 Å². The van der Waals surface area contributed by atoms with Crippen molar-refractivity contribution in [2.24, 2.45) is 20.4 Å². The van der Waals surface area contributed by atoms with Crippen molar-refractivity contribution in [1.82, 2.24) is 5.32 Å². The Morgan fingerprint density at radius 1 is 1.24 bits per heavy atom. The number of unbranched alkanes of at least 4 members (excludes halogenated alkanes) is 1. The molecule has 0 atom stereocenters. The molecule has 0 unspecified atom stereocenters. The van der Waals surface area contributed by atoms with E-state index in [1.54, 1.807) is 0 Å². The minimum Gasteiger partial charge on any atom is -0.490 e. The van der Waals surface area contributed by atoms with Crippen LogP contribution in [0.5, 0.6) is 11.5 Å². The zero-order valence-electron chi connectivity index (χ0n) is 14.4. The minimum atomic E-state index is -0.603. The van der Waals surface area contributed by atoms with Crippen LogP contribution >= 0.6 is 0 Å². The molecule has 1 heterocycles. The monoisotopic (exact) mass is 343 g/mol. The number of urea groups is 1.